The van der Waals surface area contributed by atoms with Crippen LogP contribution in [0, 0.1) is 5.92 Å². The van der Waals surface area contributed by atoms with Crippen molar-refractivity contribution in [1.82, 2.24) is 5.32 Å². The van der Waals surface area contributed by atoms with Gasteiger partial charge in [-0.15, -0.1) is 11.3 Å². The highest BCUT2D eigenvalue weighted by atomic mass is 32.1. The first-order valence-electron chi connectivity index (χ1n) is 10.7. The molecule has 3 aromatic rings. The molecule has 2 atom stereocenters. The summed E-state index contributed by atoms with van der Waals surface area (Å²) in [4.78, 5) is 11.2. The number of carboxylic acid groups (broad SMARTS) is 1. The van der Waals surface area contributed by atoms with Gasteiger partial charge in [-0.25, -0.2) is 0 Å². The maximum absolute atomic E-state index is 13.5. The molecule has 1 unspecified atom stereocenters. The number of halogens is 3. The minimum atomic E-state index is -4.43. The van der Waals surface area contributed by atoms with E-state index in [4.69, 9.17) is 4.74 Å². The van der Waals surface area contributed by atoms with Gasteiger partial charge in [-0.2, -0.15) is 13.2 Å². The number of rotatable bonds is 8. The third-order valence-corrected chi connectivity index (χ3v) is 6.98. The number of nitrogens with one attached hydrogen (secondary N) is 1. The summed E-state index contributed by atoms with van der Waals surface area (Å²) < 4.78 is 46.4. The molecule has 0 bridgehead atoms. The second-order valence-electron chi connectivity index (χ2n) is 8.11. The van der Waals surface area contributed by atoms with Crippen LogP contribution in [0.5, 0.6) is 5.75 Å². The Bertz CT molecular complexity index is 1080. The standard InChI is InChI=1S/C25H24F3NO3S/c26-25(27,28)23-21(17-5-2-1-3-6-17)13-19(33-23)15-32-18-11-9-16(10-12-18)14-29-22-8-4-7-20(22)24(30)31/h1-3,5-6,9-13,20,22,29H,4,7-8,14-15H2,(H,30,31)/t20-,22?/m0/s1. The number of carbonyl (C=O) groups is 1. The summed E-state index contributed by atoms with van der Waals surface area (Å²) >= 11 is 0.700. The van der Waals surface area contributed by atoms with Crippen LogP contribution in [0.1, 0.15) is 34.6 Å². The quantitative estimate of drug-likeness (QED) is 0.398. The Balaban J connectivity index is 1.37. The summed E-state index contributed by atoms with van der Waals surface area (Å²) in [5, 5.41) is 12.6. The van der Waals surface area contributed by atoms with Gasteiger partial charge < -0.3 is 15.2 Å². The summed E-state index contributed by atoms with van der Waals surface area (Å²) in [6, 6.07) is 17.3. The summed E-state index contributed by atoms with van der Waals surface area (Å²) in [6.45, 7) is 0.593. The lowest BCUT2D eigenvalue weighted by molar-refractivity contribution is -0.142. The van der Waals surface area contributed by atoms with Crippen molar-refractivity contribution in [1.29, 1.82) is 0 Å². The fraction of sp³-hybridized carbons (Fsp3) is 0.320. The minimum Gasteiger partial charge on any atom is -0.488 e. The van der Waals surface area contributed by atoms with E-state index in [0.717, 1.165) is 18.4 Å². The molecule has 1 aliphatic rings. The smallest absolute Gasteiger partial charge is 0.426 e. The van der Waals surface area contributed by atoms with Gasteiger partial charge in [-0.3, -0.25) is 4.79 Å². The zero-order chi connectivity index (χ0) is 23.4. The van der Waals surface area contributed by atoms with Gasteiger partial charge in [0.15, 0.2) is 0 Å². The average molecular weight is 476 g/mol. The molecule has 0 radical (unpaired) electrons. The fourth-order valence-corrected chi connectivity index (χ4v) is 5.12. The van der Waals surface area contributed by atoms with Crippen molar-refractivity contribution >= 4 is 17.3 Å². The number of alkyl halides is 3. The Labute approximate surface area is 194 Å². The number of hydrogen-bond donors (Lipinski definition) is 2. The Morgan fingerprint density at radius 2 is 1.82 bits per heavy atom. The van der Waals surface area contributed by atoms with Crippen molar-refractivity contribution in [3.8, 4) is 16.9 Å². The first kappa shape index (κ1) is 23.3. The van der Waals surface area contributed by atoms with Crippen LogP contribution < -0.4 is 10.1 Å². The summed E-state index contributed by atoms with van der Waals surface area (Å²) in [7, 11) is 0. The van der Waals surface area contributed by atoms with Crippen LogP contribution in [0.25, 0.3) is 11.1 Å². The number of ether oxygens (including phenoxy) is 1. The van der Waals surface area contributed by atoms with Crippen molar-refractivity contribution in [2.45, 2.75) is 44.6 Å². The van der Waals surface area contributed by atoms with Crippen LogP contribution >= 0.6 is 11.3 Å². The van der Waals surface area contributed by atoms with Crippen LogP contribution in [0.3, 0.4) is 0 Å². The van der Waals surface area contributed by atoms with E-state index in [1.807, 2.05) is 12.1 Å². The van der Waals surface area contributed by atoms with E-state index in [2.05, 4.69) is 5.32 Å². The highest BCUT2D eigenvalue weighted by molar-refractivity contribution is 7.12. The Hall–Kier alpha value is -2.84. The summed E-state index contributed by atoms with van der Waals surface area (Å²) in [5.41, 5.74) is 1.68. The number of thiophene rings is 1. The number of benzene rings is 2. The lowest BCUT2D eigenvalue weighted by Crippen LogP contribution is -2.35. The highest BCUT2D eigenvalue weighted by Crippen LogP contribution is 2.43. The summed E-state index contributed by atoms with van der Waals surface area (Å²) in [6.07, 6.45) is -1.97. The molecule has 2 N–H and O–H groups in total. The van der Waals surface area contributed by atoms with E-state index < -0.39 is 17.0 Å². The molecule has 33 heavy (non-hydrogen) atoms. The maximum atomic E-state index is 13.5. The topological polar surface area (TPSA) is 58.6 Å². The molecular formula is C25H24F3NO3S. The molecule has 8 heteroatoms. The third-order valence-electron chi connectivity index (χ3n) is 5.83. The molecule has 174 valence electrons. The Morgan fingerprint density at radius 1 is 1.09 bits per heavy atom. The Morgan fingerprint density at radius 3 is 2.48 bits per heavy atom. The van der Waals surface area contributed by atoms with E-state index >= 15 is 0 Å². The lowest BCUT2D eigenvalue weighted by atomic mass is 10.0. The molecule has 0 spiro atoms. The van der Waals surface area contributed by atoms with Gasteiger partial charge >= 0.3 is 12.1 Å². The number of carboxylic acids is 1. The van der Waals surface area contributed by atoms with Gasteiger partial charge in [0, 0.05) is 23.0 Å². The van der Waals surface area contributed by atoms with Crippen LogP contribution in [-0.4, -0.2) is 17.1 Å². The molecule has 1 heterocycles. The SMILES string of the molecule is O=C(O)[C@H]1CCCC1NCc1ccc(OCc2cc(-c3ccccc3)c(C(F)(F)F)s2)cc1. The predicted octanol–water partition coefficient (Wildman–Crippen LogP) is 6.36. The number of hydrogen-bond acceptors (Lipinski definition) is 4. The lowest BCUT2D eigenvalue weighted by Gasteiger charge is -2.17. The van der Waals surface area contributed by atoms with Crippen LogP contribution in [0.15, 0.2) is 60.7 Å². The van der Waals surface area contributed by atoms with Crippen LogP contribution in [0.4, 0.5) is 13.2 Å². The molecule has 1 aromatic heterocycles. The van der Waals surface area contributed by atoms with Gasteiger partial charge in [0.1, 0.15) is 17.2 Å². The minimum absolute atomic E-state index is 0.0288. The molecule has 1 saturated carbocycles. The molecule has 4 nitrogen and oxygen atoms in total. The monoisotopic (exact) mass is 475 g/mol. The first-order chi connectivity index (χ1) is 15.8. The molecule has 0 saturated heterocycles. The van der Waals surface area contributed by atoms with E-state index in [9.17, 15) is 23.1 Å². The second-order valence-corrected chi connectivity index (χ2v) is 9.25. The van der Waals surface area contributed by atoms with Crippen molar-refractivity contribution in [2.24, 2.45) is 5.92 Å². The maximum Gasteiger partial charge on any atom is 0.426 e. The second kappa shape index (κ2) is 9.97. The van der Waals surface area contributed by atoms with Gasteiger partial charge in [-0.05, 0) is 42.2 Å². The molecule has 0 aliphatic heterocycles. The molecule has 1 aliphatic carbocycles. The van der Waals surface area contributed by atoms with E-state index in [1.165, 1.54) is 0 Å². The molecule has 4 rings (SSSR count). The van der Waals surface area contributed by atoms with Gasteiger partial charge in [0.25, 0.3) is 0 Å². The van der Waals surface area contributed by atoms with E-state index in [0.29, 0.717) is 40.5 Å². The van der Waals surface area contributed by atoms with Crippen molar-refractivity contribution in [3.05, 3.63) is 76.0 Å². The van der Waals surface area contributed by atoms with Gasteiger partial charge in [0.2, 0.25) is 0 Å². The Kier molecular flexibility index (Phi) is 7.05. The fourth-order valence-electron chi connectivity index (χ4n) is 4.16. The highest BCUT2D eigenvalue weighted by Gasteiger charge is 2.36. The third kappa shape index (κ3) is 5.75. The van der Waals surface area contributed by atoms with Crippen molar-refractivity contribution in [3.63, 3.8) is 0 Å². The van der Waals surface area contributed by atoms with Crippen LogP contribution in [0.2, 0.25) is 0 Å². The largest absolute Gasteiger partial charge is 0.488 e. The molecular weight excluding hydrogens is 451 g/mol. The van der Waals surface area contributed by atoms with E-state index in [-0.39, 0.29) is 24.1 Å². The summed E-state index contributed by atoms with van der Waals surface area (Å²) in [5.74, 6) is -0.543. The van der Waals surface area contributed by atoms with Gasteiger partial charge in [-0.1, -0.05) is 48.9 Å². The van der Waals surface area contributed by atoms with Crippen molar-refractivity contribution in [2.75, 3.05) is 0 Å². The average Bonchev–Trinajstić information content (AvgIpc) is 3.45. The van der Waals surface area contributed by atoms with Gasteiger partial charge in [0.05, 0.1) is 5.92 Å². The molecule has 2 aromatic carbocycles. The van der Waals surface area contributed by atoms with Crippen LogP contribution in [-0.2, 0) is 24.1 Å². The predicted molar refractivity (Wildman–Crippen MR) is 121 cm³/mol. The van der Waals surface area contributed by atoms with Crippen molar-refractivity contribution < 1.29 is 27.8 Å². The first-order valence-corrected chi connectivity index (χ1v) is 11.6. The molecule has 0 amide bonds. The van der Waals surface area contributed by atoms with E-state index in [1.54, 1.807) is 48.5 Å². The zero-order valence-electron chi connectivity index (χ0n) is 17.8. The zero-order valence-corrected chi connectivity index (χ0v) is 18.6. The normalized spacial score (nSPS) is 18.4. The number of aliphatic carboxylic acids is 1. The molecule has 1 fully saturated rings.